The maximum atomic E-state index is 13.0. The molecule has 28 heavy (non-hydrogen) atoms. The van der Waals surface area contributed by atoms with E-state index in [1.165, 1.54) is 16.2 Å². The molecule has 0 saturated carbocycles. The predicted octanol–water partition coefficient (Wildman–Crippen LogP) is 3.22. The van der Waals surface area contributed by atoms with Crippen molar-refractivity contribution in [1.29, 1.82) is 0 Å². The summed E-state index contributed by atoms with van der Waals surface area (Å²) in [6.45, 7) is 12.7. The fourth-order valence-electron chi connectivity index (χ4n) is 3.48. The van der Waals surface area contributed by atoms with Gasteiger partial charge < -0.3 is 18.9 Å². The molecule has 2 aliphatic heterocycles. The van der Waals surface area contributed by atoms with Crippen LogP contribution < -0.4 is 0 Å². The molecule has 3 heterocycles. The van der Waals surface area contributed by atoms with Crippen LogP contribution in [0.1, 0.15) is 58.3 Å². The lowest BCUT2D eigenvalue weighted by Crippen LogP contribution is -2.56. The number of rotatable bonds is 3. The summed E-state index contributed by atoms with van der Waals surface area (Å²) in [6, 6.07) is -0.541. The molecule has 0 unspecified atom stereocenters. The molecular weight excluding hydrogens is 384 g/mol. The van der Waals surface area contributed by atoms with Gasteiger partial charge in [-0.25, -0.2) is 9.78 Å². The highest BCUT2D eigenvalue weighted by atomic mass is 32.1. The van der Waals surface area contributed by atoms with Gasteiger partial charge >= 0.3 is 6.09 Å². The smallest absolute Gasteiger partial charge is 0.412 e. The molecule has 2 fully saturated rings. The average Bonchev–Trinajstić information content (AvgIpc) is 3.21. The van der Waals surface area contributed by atoms with Crippen molar-refractivity contribution >= 4 is 23.2 Å². The summed E-state index contributed by atoms with van der Waals surface area (Å²) in [7, 11) is 0. The Morgan fingerprint density at radius 1 is 1.25 bits per heavy atom. The average molecular weight is 413 g/mol. The van der Waals surface area contributed by atoms with Crippen molar-refractivity contribution in [2.75, 3.05) is 6.61 Å². The van der Waals surface area contributed by atoms with Gasteiger partial charge in [-0.3, -0.25) is 9.69 Å². The standard InChI is InChI=1S/C19H28N2O6S/c1-17(2,3)27-16(23)21-11(10-24-18(21,4)5)13-14(26-19(6,7)25-13)12(22)15-20-8-9-28-15/h8-9,11,13-14H,10H2,1-7H3/t11-,13-,14-/m0/s1. The third-order valence-corrected chi connectivity index (χ3v) is 5.31. The molecule has 156 valence electrons. The molecule has 0 radical (unpaired) electrons. The van der Waals surface area contributed by atoms with Gasteiger partial charge in [-0.15, -0.1) is 11.3 Å². The number of aromatic nitrogens is 1. The molecule has 9 heteroatoms. The highest BCUT2D eigenvalue weighted by Crippen LogP contribution is 2.39. The van der Waals surface area contributed by atoms with Gasteiger partial charge in [0, 0.05) is 11.6 Å². The first-order valence-electron chi connectivity index (χ1n) is 9.26. The number of ketones is 1. The van der Waals surface area contributed by atoms with E-state index in [0.29, 0.717) is 5.01 Å². The van der Waals surface area contributed by atoms with Crippen LogP contribution in [-0.2, 0) is 18.9 Å². The van der Waals surface area contributed by atoms with E-state index in [1.54, 1.807) is 60.0 Å². The van der Waals surface area contributed by atoms with E-state index < -0.39 is 41.5 Å². The van der Waals surface area contributed by atoms with Crippen LogP contribution in [0.15, 0.2) is 11.6 Å². The predicted molar refractivity (Wildman–Crippen MR) is 102 cm³/mol. The Morgan fingerprint density at radius 2 is 1.93 bits per heavy atom. The number of ether oxygens (including phenoxy) is 4. The molecule has 1 aromatic rings. The number of nitrogens with zero attached hydrogens (tertiary/aromatic N) is 2. The third-order valence-electron chi connectivity index (χ3n) is 4.52. The van der Waals surface area contributed by atoms with Gasteiger partial charge in [-0.05, 0) is 48.5 Å². The minimum atomic E-state index is -0.978. The van der Waals surface area contributed by atoms with Crippen LogP contribution in [0.2, 0.25) is 0 Å². The van der Waals surface area contributed by atoms with Crippen LogP contribution in [0.4, 0.5) is 4.79 Å². The third kappa shape index (κ3) is 4.22. The SMILES string of the molecule is CC(C)(C)OC(=O)N1[C@H]([C@@H]2OC(C)(C)O[C@H]2C(=O)c2nccs2)COC1(C)C. The molecular formula is C19H28N2O6S. The number of hydrogen-bond donors (Lipinski definition) is 0. The molecule has 3 atom stereocenters. The Bertz CT molecular complexity index is 740. The van der Waals surface area contributed by atoms with Crippen LogP contribution in [0.3, 0.4) is 0 Å². The van der Waals surface area contributed by atoms with Crippen molar-refractivity contribution in [3.05, 3.63) is 16.6 Å². The van der Waals surface area contributed by atoms with E-state index in [1.807, 2.05) is 0 Å². The molecule has 0 bridgehead atoms. The number of hydrogen-bond acceptors (Lipinski definition) is 8. The fourth-order valence-corrected chi connectivity index (χ4v) is 4.09. The molecule has 3 rings (SSSR count). The summed E-state index contributed by atoms with van der Waals surface area (Å²) >= 11 is 1.24. The monoisotopic (exact) mass is 412 g/mol. The van der Waals surface area contributed by atoms with Crippen LogP contribution in [0.25, 0.3) is 0 Å². The summed E-state index contributed by atoms with van der Waals surface area (Å²) < 4.78 is 23.4. The molecule has 8 nitrogen and oxygen atoms in total. The van der Waals surface area contributed by atoms with Crippen molar-refractivity contribution in [2.45, 2.75) is 83.8 Å². The lowest BCUT2D eigenvalue weighted by atomic mass is 10.0. The van der Waals surface area contributed by atoms with Crippen molar-refractivity contribution in [2.24, 2.45) is 0 Å². The Hall–Kier alpha value is -1.55. The van der Waals surface area contributed by atoms with Crippen molar-refractivity contribution in [1.82, 2.24) is 9.88 Å². The Labute approximate surface area is 169 Å². The molecule has 1 aromatic heterocycles. The first-order valence-corrected chi connectivity index (χ1v) is 10.1. The summed E-state index contributed by atoms with van der Waals surface area (Å²) in [5, 5.41) is 2.08. The van der Waals surface area contributed by atoms with Gasteiger partial charge in [0.15, 0.2) is 16.9 Å². The normalized spacial score (nSPS) is 29.1. The quantitative estimate of drug-likeness (QED) is 0.705. The Balaban J connectivity index is 1.91. The van der Waals surface area contributed by atoms with Crippen molar-refractivity contribution in [3.8, 4) is 0 Å². The largest absolute Gasteiger partial charge is 0.444 e. The highest BCUT2D eigenvalue weighted by molar-refractivity contribution is 7.11. The Kier molecular flexibility index (Phi) is 5.33. The lowest BCUT2D eigenvalue weighted by molar-refractivity contribution is -0.149. The first kappa shape index (κ1) is 21.2. The Morgan fingerprint density at radius 3 is 2.50 bits per heavy atom. The zero-order valence-electron chi connectivity index (χ0n) is 17.3. The molecule has 0 aliphatic carbocycles. The van der Waals surface area contributed by atoms with Gasteiger partial charge in [-0.2, -0.15) is 0 Å². The summed E-state index contributed by atoms with van der Waals surface area (Å²) in [4.78, 5) is 31.5. The topological polar surface area (TPSA) is 87.2 Å². The van der Waals surface area contributed by atoms with E-state index >= 15 is 0 Å². The zero-order valence-corrected chi connectivity index (χ0v) is 18.2. The number of amides is 1. The van der Waals surface area contributed by atoms with E-state index in [0.717, 1.165) is 0 Å². The second-order valence-corrected chi connectivity index (χ2v) is 9.79. The van der Waals surface area contributed by atoms with E-state index in [4.69, 9.17) is 18.9 Å². The molecule has 2 aliphatic rings. The van der Waals surface area contributed by atoms with Crippen LogP contribution in [-0.4, -0.2) is 63.7 Å². The van der Waals surface area contributed by atoms with Gasteiger partial charge in [0.25, 0.3) is 0 Å². The van der Waals surface area contributed by atoms with Crippen LogP contribution >= 0.6 is 11.3 Å². The van der Waals surface area contributed by atoms with E-state index in [-0.39, 0.29) is 12.4 Å². The summed E-state index contributed by atoms with van der Waals surface area (Å²) in [6.07, 6.45) is -0.550. The molecule has 2 saturated heterocycles. The van der Waals surface area contributed by atoms with Gasteiger partial charge in [0.05, 0.1) is 12.6 Å². The maximum absolute atomic E-state index is 13.0. The van der Waals surface area contributed by atoms with Gasteiger partial charge in [-0.1, -0.05) is 0 Å². The summed E-state index contributed by atoms with van der Waals surface area (Å²) in [5.41, 5.74) is -1.57. The van der Waals surface area contributed by atoms with Crippen LogP contribution in [0.5, 0.6) is 0 Å². The second kappa shape index (κ2) is 7.05. The summed E-state index contributed by atoms with van der Waals surface area (Å²) in [5.74, 6) is -1.24. The lowest BCUT2D eigenvalue weighted by Gasteiger charge is -2.37. The minimum absolute atomic E-state index is 0.206. The van der Waals surface area contributed by atoms with Crippen LogP contribution in [0, 0.1) is 0 Å². The van der Waals surface area contributed by atoms with Gasteiger partial charge in [0.2, 0.25) is 5.78 Å². The minimum Gasteiger partial charge on any atom is -0.444 e. The van der Waals surface area contributed by atoms with E-state index in [9.17, 15) is 9.59 Å². The second-order valence-electron chi connectivity index (χ2n) is 8.90. The van der Waals surface area contributed by atoms with E-state index in [2.05, 4.69) is 4.98 Å². The molecule has 0 spiro atoms. The molecule has 0 aromatic carbocycles. The number of carbonyl (C=O) groups is 2. The van der Waals surface area contributed by atoms with Crippen molar-refractivity contribution in [3.63, 3.8) is 0 Å². The molecule has 1 amide bonds. The number of carbonyl (C=O) groups excluding carboxylic acids is 2. The highest BCUT2D eigenvalue weighted by Gasteiger charge is 2.57. The fraction of sp³-hybridized carbons (Fsp3) is 0.737. The zero-order chi connectivity index (χ0) is 20.9. The molecule has 0 N–H and O–H groups in total. The number of thiazole rings is 1. The van der Waals surface area contributed by atoms with Crippen molar-refractivity contribution < 1.29 is 28.5 Å². The number of Topliss-reactive ketones (excluding diaryl/α,β-unsaturated/α-hetero) is 1. The van der Waals surface area contributed by atoms with Gasteiger partial charge in [0.1, 0.15) is 17.4 Å². The first-order chi connectivity index (χ1) is 12.8. The maximum Gasteiger partial charge on any atom is 0.412 e.